The molecule has 1 rings (SSSR count). The highest BCUT2D eigenvalue weighted by atomic mass is 16.3. The van der Waals surface area contributed by atoms with Crippen molar-refractivity contribution in [2.24, 2.45) is 5.92 Å². The summed E-state index contributed by atoms with van der Waals surface area (Å²) in [5.74, 6) is -0.167. The number of aliphatic hydroxyl groups is 1. The normalized spacial score (nSPS) is 13.1. The summed E-state index contributed by atoms with van der Waals surface area (Å²) in [5.41, 5.74) is 2.28. The number of allylic oxidation sites excluding steroid dienone is 1. The van der Waals surface area contributed by atoms with E-state index in [0.717, 1.165) is 11.1 Å². The van der Waals surface area contributed by atoms with Gasteiger partial charge in [0.15, 0.2) is 0 Å². The first-order valence-corrected chi connectivity index (χ1v) is 10.9. The van der Waals surface area contributed by atoms with Crippen molar-refractivity contribution in [1.82, 2.24) is 16.0 Å². The molecule has 0 bridgehead atoms. The monoisotopic (exact) mass is 419 g/mol. The maximum absolute atomic E-state index is 12.1. The predicted octanol–water partition coefficient (Wildman–Crippen LogP) is 3.12. The number of carbonyl (C=O) groups is 2. The third-order valence-electron chi connectivity index (χ3n) is 4.16. The Morgan fingerprint density at radius 2 is 1.67 bits per heavy atom. The van der Waals surface area contributed by atoms with Crippen LogP contribution in [-0.2, 0) is 9.59 Å². The number of hydrogen-bond donors (Lipinski definition) is 4. The maximum atomic E-state index is 12.1. The second-order valence-corrected chi connectivity index (χ2v) is 7.90. The summed E-state index contributed by atoms with van der Waals surface area (Å²) in [6, 6.07) is 9.09. The molecule has 0 heterocycles. The van der Waals surface area contributed by atoms with Gasteiger partial charge in [-0.05, 0) is 37.3 Å². The standard InChI is InChI=1S/C21H33N3O3.C3H8/c1-15(2)12-19(14-25)24-21(27)17(4)23-20(26)13-22-11-10-16(3)18-8-6-5-7-9-18;1-3-2/h5-10,15,17,19,22,25H,11-14H2,1-4H3,(H,23,26)(H,24,27);3H2,1-2H3/b16-10+;/t17-,19?;/m0./s1. The van der Waals surface area contributed by atoms with E-state index in [1.807, 2.05) is 57.2 Å². The van der Waals surface area contributed by atoms with Crippen LogP contribution >= 0.6 is 0 Å². The van der Waals surface area contributed by atoms with E-state index in [0.29, 0.717) is 18.9 Å². The Hall–Kier alpha value is -2.18. The van der Waals surface area contributed by atoms with Crippen LogP contribution in [0.4, 0.5) is 0 Å². The molecular formula is C24H41N3O3. The van der Waals surface area contributed by atoms with E-state index in [1.54, 1.807) is 6.92 Å². The van der Waals surface area contributed by atoms with Crippen molar-refractivity contribution in [3.05, 3.63) is 42.0 Å². The molecule has 2 atom stereocenters. The lowest BCUT2D eigenvalue weighted by Crippen LogP contribution is -2.50. The van der Waals surface area contributed by atoms with E-state index in [2.05, 4.69) is 29.8 Å². The van der Waals surface area contributed by atoms with Crippen molar-refractivity contribution in [3.8, 4) is 0 Å². The third kappa shape index (κ3) is 13.1. The minimum atomic E-state index is -0.651. The average molecular weight is 420 g/mol. The van der Waals surface area contributed by atoms with Crippen molar-refractivity contribution in [1.29, 1.82) is 0 Å². The topological polar surface area (TPSA) is 90.5 Å². The van der Waals surface area contributed by atoms with E-state index >= 15 is 0 Å². The highest BCUT2D eigenvalue weighted by Gasteiger charge is 2.19. The van der Waals surface area contributed by atoms with Gasteiger partial charge in [-0.3, -0.25) is 9.59 Å². The summed E-state index contributed by atoms with van der Waals surface area (Å²) in [4.78, 5) is 24.1. The summed E-state index contributed by atoms with van der Waals surface area (Å²) in [6.07, 6.45) is 3.97. The van der Waals surface area contributed by atoms with Gasteiger partial charge < -0.3 is 21.1 Å². The van der Waals surface area contributed by atoms with Gasteiger partial charge in [0.1, 0.15) is 6.04 Å². The fraction of sp³-hybridized carbons (Fsp3) is 0.583. The van der Waals surface area contributed by atoms with Crippen LogP contribution in [0, 0.1) is 5.92 Å². The SMILES string of the molecule is C/C(=C\CNCC(=O)N[C@@H](C)C(=O)NC(CO)CC(C)C)c1ccccc1.CCC. The van der Waals surface area contributed by atoms with Gasteiger partial charge in [-0.25, -0.2) is 0 Å². The number of hydrogen-bond acceptors (Lipinski definition) is 4. The van der Waals surface area contributed by atoms with Crippen LogP contribution in [0.25, 0.3) is 5.57 Å². The lowest BCUT2D eigenvalue weighted by atomic mass is 10.0. The summed E-state index contributed by atoms with van der Waals surface area (Å²) in [5, 5.41) is 17.8. The van der Waals surface area contributed by atoms with Gasteiger partial charge in [-0.2, -0.15) is 0 Å². The first kappa shape index (κ1) is 27.8. The van der Waals surface area contributed by atoms with E-state index in [4.69, 9.17) is 0 Å². The van der Waals surface area contributed by atoms with Crippen molar-refractivity contribution < 1.29 is 14.7 Å². The molecule has 2 amide bonds. The van der Waals surface area contributed by atoms with Gasteiger partial charge in [0.2, 0.25) is 11.8 Å². The zero-order valence-corrected chi connectivity index (χ0v) is 19.5. The molecule has 170 valence electrons. The Kier molecular flexibility index (Phi) is 15.4. The predicted molar refractivity (Wildman–Crippen MR) is 125 cm³/mol. The minimum absolute atomic E-state index is 0.112. The number of amides is 2. The Bertz CT molecular complexity index is 630. The fourth-order valence-corrected chi connectivity index (χ4v) is 2.66. The van der Waals surface area contributed by atoms with Gasteiger partial charge in [-0.1, -0.05) is 70.5 Å². The molecule has 0 aromatic heterocycles. The van der Waals surface area contributed by atoms with Gasteiger partial charge in [0.25, 0.3) is 0 Å². The van der Waals surface area contributed by atoms with Crippen LogP contribution in [0.2, 0.25) is 0 Å². The van der Waals surface area contributed by atoms with Gasteiger partial charge >= 0.3 is 0 Å². The van der Waals surface area contributed by atoms with E-state index < -0.39 is 6.04 Å². The van der Waals surface area contributed by atoms with Crippen LogP contribution in [-0.4, -0.2) is 48.7 Å². The smallest absolute Gasteiger partial charge is 0.242 e. The molecule has 0 aliphatic rings. The lowest BCUT2D eigenvalue weighted by molar-refractivity contribution is -0.128. The largest absolute Gasteiger partial charge is 0.394 e. The minimum Gasteiger partial charge on any atom is -0.394 e. The van der Waals surface area contributed by atoms with Crippen molar-refractivity contribution in [2.75, 3.05) is 19.7 Å². The molecule has 0 aliphatic carbocycles. The molecule has 1 unspecified atom stereocenters. The molecule has 30 heavy (non-hydrogen) atoms. The zero-order chi connectivity index (χ0) is 22.9. The fourth-order valence-electron chi connectivity index (χ4n) is 2.66. The molecular weight excluding hydrogens is 378 g/mol. The highest BCUT2D eigenvalue weighted by Crippen LogP contribution is 2.11. The summed E-state index contributed by atoms with van der Waals surface area (Å²) >= 11 is 0. The quantitative estimate of drug-likeness (QED) is 0.415. The van der Waals surface area contributed by atoms with Crippen LogP contribution < -0.4 is 16.0 Å². The zero-order valence-electron chi connectivity index (χ0n) is 19.5. The molecule has 0 spiro atoms. The second kappa shape index (κ2) is 16.6. The number of nitrogens with one attached hydrogen (secondary N) is 3. The molecule has 1 aromatic rings. The molecule has 6 nitrogen and oxygen atoms in total. The van der Waals surface area contributed by atoms with Crippen LogP contribution in [0.5, 0.6) is 0 Å². The van der Waals surface area contributed by atoms with Crippen LogP contribution in [0.15, 0.2) is 36.4 Å². The Balaban J connectivity index is 0.00000263. The molecule has 4 N–H and O–H groups in total. The lowest BCUT2D eigenvalue weighted by Gasteiger charge is -2.21. The Labute approximate surface area is 182 Å². The molecule has 6 heteroatoms. The Morgan fingerprint density at radius 1 is 1.07 bits per heavy atom. The van der Waals surface area contributed by atoms with Crippen molar-refractivity contribution in [2.45, 2.75) is 66.5 Å². The summed E-state index contributed by atoms with van der Waals surface area (Å²) in [7, 11) is 0. The number of aliphatic hydroxyl groups excluding tert-OH is 1. The first-order chi connectivity index (χ1) is 14.2. The first-order valence-electron chi connectivity index (χ1n) is 10.9. The maximum Gasteiger partial charge on any atom is 0.242 e. The van der Waals surface area contributed by atoms with E-state index in [1.165, 1.54) is 6.42 Å². The van der Waals surface area contributed by atoms with Crippen molar-refractivity contribution in [3.63, 3.8) is 0 Å². The number of carbonyl (C=O) groups excluding carboxylic acids is 2. The third-order valence-corrected chi connectivity index (χ3v) is 4.16. The molecule has 1 aromatic carbocycles. The molecule has 0 saturated carbocycles. The second-order valence-electron chi connectivity index (χ2n) is 7.90. The van der Waals surface area contributed by atoms with Gasteiger partial charge in [0.05, 0.1) is 19.2 Å². The van der Waals surface area contributed by atoms with Crippen LogP contribution in [0.1, 0.15) is 59.9 Å². The Morgan fingerprint density at radius 3 is 2.20 bits per heavy atom. The van der Waals surface area contributed by atoms with E-state index in [-0.39, 0.29) is 31.0 Å². The van der Waals surface area contributed by atoms with Gasteiger partial charge in [-0.15, -0.1) is 0 Å². The highest BCUT2D eigenvalue weighted by molar-refractivity contribution is 5.88. The van der Waals surface area contributed by atoms with Gasteiger partial charge in [0, 0.05) is 6.54 Å². The summed E-state index contributed by atoms with van der Waals surface area (Å²) < 4.78 is 0. The number of rotatable bonds is 11. The van der Waals surface area contributed by atoms with E-state index in [9.17, 15) is 14.7 Å². The molecule has 0 aliphatic heterocycles. The summed E-state index contributed by atoms with van der Waals surface area (Å²) in [6.45, 7) is 12.6. The molecule has 0 radical (unpaired) electrons. The number of benzene rings is 1. The van der Waals surface area contributed by atoms with Crippen molar-refractivity contribution >= 4 is 17.4 Å². The molecule has 0 saturated heterocycles. The van der Waals surface area contributed by atoms with Crippen LogP contribution in [0.3, 0.4) is 0 Å². The molecule has 0 fully saturated rings. The average Bonchev–Trinajstić information content (AvgIpc) is 2.71.